The summed E-state index contributed by atoms with van der Waals surface area (Å²) < 4.78 is 0. The highest BCUT2D eigenvalue weighted by atomic mass is 16.2. The molecule has 2 aliphatic heterocycles. The van der Waals surface area contributed by atoms with Gasteiger partial charge in [-0.05, 0) is 72.4 Å². The number of H-pyrrole nitrogens is 2. The number of hydrogen-bond acceptors (Lipinski definition) is 5. The summed E-state index contributed by atoms with van der Waals surface area (Å²) in [6, 6.07) is 22.8. The van der Waals surface area contributed by atoms with E-state index >= 15 is 0 Å². The SMILES string of the molecule is CC(C)CC(=O)N1CCC[C@H]1c1ncc(-c2ccc(-c3ccc(-c4cnc([C@@H]5CCCN5C(=O)CCc5ccccn5)[nH]4)cc3)cc2)[nH]1. The van der Waals surface area contributed by atoms with Gasteiger partial charge >= 0.3 is 0 Å². The molecule has 3 aromatic heterocycles. The number of nitrogens with one attached hydrogen (secondary N) is 2. The van der Waals surface area contributed by atoms with E-state index in [1.807, 2.05) is 40.4 Å². The summed E-state index contributed by atoms with van der Waals surface area (Å²) in [7, 11) is 0. The minimum Gasteiger partial charge on any atom is -0.340 e. The van der Waals surface area contributed by atoms with Gasteiger partial charge in [0.2, 0.25) is 11.8 Å². The molecule has 48 heavy (non-hydrogen) atoms. The molecular weight excluding hydrogens is 598 g/mol. The Hall–Kier alpha value is -5.05. The van der Waals surface area contributed by atoms with E-state index in [2.05, 4.69) is 82.3 Å². The van der Waals surface area contributed by atoms with Crippen LogP contribution in [0.1, 0.15) is 81.8 Å². The van der Waals surface area contributed by atoms with Crippen LogP contribution in [0, 0.1) is 5.92 Å². The number of benzene rings is 2. The van der Waals surface area contributed by atoms with Gasteiger partial charge in [-0.1, -0.05) is 68.4 Å². The fraction of sp³-hybridized carbons (Fsp3) is 0.359. The summed E-state index contributed by atoms with van der Waals surface area (Å²) >= 11 is 0. The Morgan fingerprint density at radius 1 is 0.708 bits per heavy atom. The van der Waals surface area contributed by atoms with Crippen molar-refractivity contribution in [2.24, 2.45) is 5.92 Å². The Bertz CT molecular complexity index is 1840. The molecule has 2 atom stereocenters. The topological polar surface area (TPSA) is 111 Å². The zero-order chi connectivity index (χ0) is 33.0. The van der Waals surface area contributed by atoms with Crippen molar-refractivity contribution in [3.8, 4) is 33.6 Å². The van der Waals surface area contributed by atoms with E-state index < -0.39 is 0 Å². The lowest BCUT2D eigenvalue weighted by molar-refractivity contribution is -0.133. The summed E-state index contributed by atoms with van der Waals surface area (Å²) in [5.74, 6) is 2.43. The highest BCUT2D eigenvalue weighted by molar-refractivity contribution is 5.78. The quantitative estimate of drug-likeness (QED) is 0.164. The van der Waals surface area contributed by atoms with Crippen LogP contribution in [-0.4, -0.2) is 59.6 Å². The van der Waals surface area contributed by atoms with Gasteiger partial charge in [0.05, 0.1) is 35.9 Å². The van der Waals surface area contributed by atoms with Crippen molar-refractivity contribution < 1.29 is 9.59 Å². The molecule has 2 amide bonds. The van der Waals surface area contributed by atoms with E-state index in [0.29, 0.717) is 25.2 Å². The van der Waals surface area contributed by atoms with Gasteiger partial charge in [-0.25, -0.2) is 9.97 Å². The molecule has 2 fully saturated rings. The molecule has 5 heterocycles. The molecule has 2 N–H and O–H groups in total. The predicted molar refractivity (Wildman–Crippen MR) is 186 cm³/mol. The number of pyridine rings is 1. The van der Waals surface area contributed by atoms with E-state index in [-0.39, 0.29) is 23.9 Å². The number of hydrogen-bond donors (Lipinski definition) is 2. The number of aromatic amines is 2. The molecule has 0 aliphatic carbocycles. The van der Waals surface area contributed by atoms with Crippen LogP contribution < -0.4 is 0 Å². The van der Waals surface area contributed by atoms with Crippen molar-refractivity contribution in [2.75, 3.05) is 13.1 Å². The monoisotopic (exact) mass is 641 g/mol. The Morgan fingerprint density at radius 2 is 1.23 bits per heavy atom. The van der Waals surface area contributed by atoms with E-state index in [9.17, 15) is 9.59 Å². The van der Waals surface area contributed by atoms with Crippen molar-refractivity contribution in [3.05, 3.63) is 103 Å². The first-order valence-corrected chi connectivity index (χ1v) is 17.2. The molecule has 5 aromatic rings. The number of carbonyl (C=O) groups excluding carboxylic acids is 2. The third-order valence-corrected chi connectivity index (χ3v) is 9.60. The van der Waals surface area contributed by atoms with Gasteiger partial charge < -0.3 is 19.8 Å². The zero-order valence-electron chi connectivity index (χ0n) is 27.7. The van der Waals surface area contributed by atoms with E-state index in [1.165, 1.54) is 0 Å². The highest BCUT2D eigenvalue weighted by Gasteiger charge is 2.33. The molecule has 2 saturated heterocycles. The molecule has 0 radical (unpaired) electrons. The lowest BCUT2D eigenvalue weighted by Gasteiger charge is -2.24. The second kappa shape index (κ2) is 14.0. The Morgan fingerprint density at radius 3 is 1.73 bits per heavy atom. The van der Waals surface area contributed by atoms with Gasteiger partial charge in [-0.2, -0.15) is 0 Å². The fourth-order valence-corrected chi connectivity index (χ4v) is 7.08. The van der Waals surface area contributed by atoms with Gasteiger partial charge in [0.15, 0.2) is 0 Å². The average Bonchev–Trinajstić information content (AvgIpc) is 3.94. The lowest BCUT2D eigenvalue weighted by Crippen LogP contribution is -2.31. The highest BCUT2D eigenvalue weighted by Crippen LogP contribution is 2.34. The standard InChI is InChI=1S/C39H43N7O2/c1-26(2)23-37(48)46-22-6-9-35(46)39-42-25-33(44-39)30-16-12-28(13-17-30)27-10-14-29(15-11-27)32-24-41-38(43-32)34-8-5-21-45(34)36(47)19-18-31-7-3-4-20-40-31/h3-4,7,10-17,20,24-26,34-35H,5-6,8-9,18-19,21-23H2,1-2H3,(H,41,43)(H,42,44)/t34-,35-/m0/s1. The van der Waals surface area contributed by atoms with Gasteiger partial charge in [0.25, 0.3) is 0 Å². The summed E-state index contributed by atoms with van der Waals surface area (Å²) in [5, 5.41) is 0. The van der Waals surface area contributed by atoms with E-state index in [4.69, 9.17) is 4.98 Å². The number of rotatable bonds is 10. The number of aromatic nitrogens is 5. The number of carbonyl (C=O) groups is 2. The third-order valence-electron chi connectivity index (χ3n) is 9.60. The minimum absolute atomic E-state index is 0.0241. The maximum Gasteiger partial charge on any atom is 0.223 e. The largest absolute Gasteiger partial charge is 0.340 e. The molecule has 0 saturated carbocycles. The molecule has 9 nitrogen and oxygen atoms in total. The first-order valence-electron chi connectivity index (χ1n) is 17.2. The van der Waals surface area contributed by atoms with Crippen molar-refractivity contribution in [1.29, 1.82) is 0 Å². The number of nitrogens with zero attached hydrogens (tertiary/aromatic N) is 5. The van der Waals surface area contributed by atoms with Crippen LogP contribution in [0.5, 0.6) is 0 Å². The molecule has 2 aromatic carbocycles. The van der Waals surface area contributed by atoms with E-state index in [1.54, 1.807) is 6.20 Å². The number of imidazole rings is 2. The molecular formula is C39H43N7O2. The van der Waals surface area contributed by atoms with Crippen LogP contribution >= 0.6 is 0 Å². The van der Waals surface area contributed by atoms with Crippen LogP contribution in [0.2, 0.25) is 0 Å². The molecule has 0 bridgehead atoms. The molecule has 7 rings (SSSR count). The summed E-state index contributed by atoms with van der Waals surface area (Å²) in [6.45, 7) is 5.73. The van der Waals surface area contributed by atoms with Crippen molar-refractivity contribution >= 4 is 11.8 Å². The number of likely N-dealkylation sites (tertiary alicyclic amines) is 2. The number of aryl methyl sites for hydroxylation is 1. The van der Waals surface area contributed by atoms with Crippen LogP contribution in [0.4, 0.5) is 0 Å². The van der Waals surface area contributed by atoms with Crippen LogP contribution in [0.25, 0.3) is 33.6 Å². The Kier molecular flexibility index (Phi) is 9.18. The molecule has 9 heteroatoms. The zero-order valence-corrected chi connectivity index (χ0v) is 27.7. The lowest BCUT2D eigenvalue weighted by atomic mass is 10.0. The van der Waals surface area contributed by atoms with Gasteiger partial charge in [-0.3, -0.25) is 14.6 Å². The maximum atomic E-state index is 13.1. The molecule has 0 unspecified atom stereocenters. The second-order valence-corrected chi connectivity index (χ2v) is 13.4. The molecule has 0 spiro atoms. The van der Waals surface area contributed by atoms with Gasteiger partial charge in [0.1, 0.15) is 11.6 Å². The first-order chi connectivity index (χ1) is 23.4. The second-order valence-electron chi connectivity index (χ2n) is 13.4. The van der Waals surface area contributed by atoms with Gasteiger partial charge in [0, 0.05) is 37.8 Å². The molecule has 2 aliphatic rings. The normalized spacial score (nSPS) is 17.8. The summed E-state index contributed by atoms with van der Waals surface area (Å²) in [6.07, 6.45) is 11.0. The summed E-state index contributed by atoms with van der Waals surface area (Å²) in [4.78, 5) is 50.6. The van der Waals surface area contributed by atoms with Crippen molar-refractivity contribution in [1.82, 2.24) is 34.7 Å². The predicted octanol–water partition coefficient (Wildman–Crippen LogP) is 7.53. The van der Waals surface area contributed by atoms with E-state index in [0.717, 1.165) is 89.8 Å². The third kappa shape index (κ3) is 6.81. The first kappa shape index (κ1) is 31.5. The smallest absolute Gasteiger partial charge is 0.223 e. The van der Waals surface area contributed by atoms with Gasteiger partial charge in [-0.15, -0.1) is 0 Å². The molecule has 246 valence electrons. The van der Waals surface area contributed by atoms with Crippen LogP contribution in [0.3, 0.4) is 0 Å². The maximum absolute atomic E-state index is 13.1. The van der Waals surface area contributed by atoms with Crippen molar-refractivity contribution in [3.63, 3.8) is 0 Å². The van der Waals surface area contributed by atoms with Crippen LogP contribution in [0.15, 0.2) is 85.3 Å². The minimum atomic E-state index is -0.0248. The Labute approximate surface area is 281 Å². The Balaban J connectivity index is 0.984. The van der Waals surface area contributed by atoms with Crippen LogP contribution in [-0.2, 0) is 16.0 Å². The average molecular weight is 642 g/mol. The summed E-state index contributed by atoms with van der Waals surface area (Å²) in [5.41, 5.74) is 7.22. The van der Waals surface area contributed by atoms with Crippen molar-refractivity contribution in [2.45, 2.75) is 70.9 Å². The fourth-order valence-electron chi connectivity index (χ4n) is 7.08. The number of amides is 2.